The second kappa shape index (κ2) is 14.5. The number of nitrogen functional groups attached to an aromatic ring is 1. The summed E-state index contributed by atoms with van der Waals surface area (Å²) in [4.78, 5) is 25.2. The Morgan fingerprint density at radius 1 is 1.02 bits per heavy atom. The van der Waals surface area contributed by atoms with Crippen LogP contribution in [0.4, 0.5) is 5.82 Å². The summed E-state index contributed by atoms with van der Waals surface area (Å²) >= 11 is 0. The van der Waals surface area contributed by atoms with Crippen molar-refractivity contribution in [2.45, 2.75) is 83.0 Å². The summed E-state index contributed by atoms with van der Waals surface area (Å²) in [7, 11) is 0. The van der Waals surface area contributed by atoms with Crippen LogP contribution in [0.1, 0.15) is 63.0 Å². The lowest BCUT2D eigenvalue weighted by Crippen LogP contribution is -2.34. The third-order valence-corrected chi connectivity index (χ3v) is 8.47. The third kappa shape index (κ3) is 8.23. The van der Waals surface area contributed by atoms with Crippen LogP contribution < -0.4 is 16.4 Å². The van der Waals surface area contributed by atoms with Gasteiger partial charge in [-0.05, 0) is 53.8 Å². The van der Waals surface area contributed by atoms with E-state index in [4.69, 9.17) is 10.5 Å². The molecule has 0 aliphatic carbocycles. The van der Waals surface area contributed by atoms with E-state index in [0.717, 1.165) is 18.4 Å². The van der Waals surface area contributed by atoms with Crippen molar-refractivity contribution >= 4 is 22.9 Å². The van der Waals surface area contributed by atoms with E-state index in [0.29, 0.717) is 43.6 Å². The Morgan fingerprint density at radius 2 is 1.78 bits per heavy atom. The number of ether oxygens (including phenoxy) is 1. The minimum atomic E-state index is -1.17. The quantitative estimate of drug-likeness (QED) is 0.142. The zero-order valence-electron chi connectivity index (χ0n) is 26.3. The number of nitrogens with one attached hydrogen (secondary N) is 2. The molecule has 1 aliphatic rings. The van der Waals surface area contributed by atoms with Gasteiger partial charge in [0.1, 0.15) is 24.1 Å². The normalized spacial score (nSPS) is 20.8. The van der Waals surface area contributed by atoms with Crippen LogP contribution in [0.15, 0.2) is 67.3 Å². The first-order valence-electron chi connectivity index (χ1n) is 15.7. The number of imidazole rings is 1. The van der Waals surface area contributed by atoms with Gasteiger partial charge in [-0.3, -0.25) is 9.36 Å². The van der Waals surface area contributed by atoms with Crippen molar-refractivity contribution in [2.24, 2.45) is 5.92 Å². The number of fused-ring (bicyclic) bond motifs is 1. The molecule has 1 amide bonds. The summed E-state index contributed by atoms with van der Waals surface area (Å²) in [5.74, 6) is 0.354. The van der Waals surface area contributed by atoms with Gasteiger partial charge in [-0.2, -0.15) is 0 Å². The number of carbonyl (C=O) groups excluding carboxylic acids is 1. The van der Waals surface area contributed by atoms with Gasteiger partial charge in [-0.15, -0.1) is 0 Å². The number of aromatic nitrogens is 4. The van der Waals surface area contributed by atoms with Crippen molar-refractivity contribution in [3.05, 3.63) is 83.9 Å². The predicted octanol–water partition coefficient (Wildman–Crippen LogP) is 3.26. The molecule has 240 valence electrons. The van der Waals surface area contributed by atoms with Crippen LogP contribution in [-0.4, -0.2) is 67.0 Å². The Bertz CT molecular complexity index is 1540. The van der Waals surface area contributed by atoms with Crippen molar-refractivity contribution in [3.8, 4) is 0 Å². The van der Waals surface area contributed by atoms with E-state index < -0.39 is 24.5 Å². The molecule has 11 nitrogen and oxygen atoms in total. The molecule has 11 heteroatoms. The average Bonchev–Trinajstić information content (AvgIpc) is 3.57. The summed E-state index contributed by atoms with van der Waals surface area (Å²) in [5, 5.41) is 28.6. The van der Waals surface area contributed by atoms with Crippen molar-refractivity contribution in [1.82, 2.24) is 30.2 Å². The fourth-order valence-corrected chi connectivity index (χ4v) is 5.85. The maximum absolute atomic E-state index is 12.7. The minimum absolute atomic E-state index is 0.00483. The van der Waals surface area contributed by atoms with Crippen LogP contribution in [0.25, 0.3) is 11.2 Å². The fourth-order valence-electron chi connectivity index (χ4n) is 5.85. The molecule has 0 saturated carbocycles. The summed E-state index contributed by atoms with van der Waals surface area (Å²) in [6, 6.07) is 18.4. The molecule has 0 bridgehead atoms. The van der Waals surface area contributed by atoms with E-state index in [9.17, 15) is 15.0 Å². The van der Waals surface area contributed by atoms with E-state index in [1.165, 1.54) is 23.8 Å². The Kier molecular flexibility index (Phi) is 10.4. The van der Waals surface area contributed by atoms with E-state index in [1.807, 2.05) is 30.3 Å². The maximum Gasteiger partial charge on any atom is 0.224 e. The second-order valence-corrected chi connectivity index (χ2v) is 13.0. The number of nitrogens with zero attached hydrogens (tertiary/aromatic N) is 4. The SMILES string of the molecule is CC(C)(C)c1ccc(CC(=O)NCCC[C@H](CNCc2ccccc2)C[C@H]2O[C@@H](n3cnc4c(N)ncnc43)[C@@H](O)C2O)cc1. The maximum atomic E-state index is 12.7. The number of hydrogen-bond acceptors (Lipinski definition) is 9. The summed E-state index contributed by atoms with van der Waals surface area (Å²) in [6.45, 7) is 8.47. The number of aliphatic hydroxyl groups is 2. The topological polar surface area (TPSA) is 160 Å². The third-order valence-electron chi connectivity index (χ3n) is 8.47. The number of amides is 1. The predicted molar refractivity (Wildman–Crippen MR) is 173 cm³/mol. The Morgan fingerprint density at radius 3 is 2.51 bits per heavy atom. The Labute approximate surface area is 264 Å². The molecular weight excluding hydrogens is 570 g/mol. The second-order valence-electron chi connectivity index (χ2n) is 13.0. The fraction of sp³-hybridized carbons (Fsp3) is 0.471. The molecule has 1 unspecified atom stereocenters. The van der Waals surface area contributed by atoms with Crippen LogP contribution in [0, 0.1) is 5.92 Å². The highest BCUT2D eigenvalue weighted by molar-refractivity contribution is 5.81. The number of rotatable bonds is 13. The largest absolute Gasteiger partial charge is 0.388 e. The van der Waals surface area contributed by atoms with Crippen LogP contribution in [0.2, 0.25) is 0 Å². The molecular formula is C34H45N7O4. The van der Waals surface area contributed by atoms with Gasteiger partial charge in [-0.25, -0.2) is 15.0 Å². The first kappa shape index (κ1) is 32.5. The van der Waals surface area contributed by atoms with Gasteiger partial charge in [0.25, 0.3) is 0 Å². The molecule has 3 heterocycles. The van der Waals surface area contributed by atoms with Gasteiger partial charge in [0.15, 0.2) is 17.7 Å². The highest BCUT2D eigenvalue weighted by Crippen LogP contribution is 2.35. The number of hydrogen-bond donors (Lipinski definition) is 5. The van der Waals surface area contributed by atoms with Gasteiger partial charge in [0, 0.05) is 13.1 Å². The summed E-state index contributed by atoms with van der Waals surface area (Å²) in [6.07, 6.45) is 1.54. The van der Waals surface area contributed by atoms with E-state index in [1.54, 1.807) is 4.57 Å². The smallest absolute Gasteiger partial charge is 0.224 e. The number of anilines is 1. The number of aliphatic hydroxyl groups excluding tert-OH is 2. The van der Waals surface area contributed by atoms with E-state index >= 15 is 0 Å². The van der Waals surface area contributed by atoms with Crippen LogP contribution in [0.3, 0.4) is 0 Å². The summed E-state index contributed by atoms with van der Waals surface area (Å²) in [5.41, 5.74) is 10.3. The molecule has 1 saturated heterocycles. The lowest BCUT2D eigenvalue weighted by Gasteiger charge is -2.23. The van der Waals surface area contributed by atoms with Gasteiger partial charge in [0.2, 0.25) is 5.91 Å². The monoisotopic (exact) mass is 615 g/mol. The average molecular weight is 616 g/mol. The zero-order chi connectivity index (χ0) is 32.0. The number of benzene rings is 2. The molecule has 2 aromatic carbocycles. The Balaban J connectivity index is 1.17. The van der Waals surface area contributed by atoms with Crippen molar-refractivity contribution in [2.75, 3.05) is 18.8 Å². The number of nitrogens with two attached hydrogens (primary N) is 1. The molecule has 5 atom stereocenters. The zero-order valence-corrected chi connectivity index (χ0v) is 26.3. The standard InChI is InChI=1S/C34H45N7O4/c1-34(2,3)25-13-11-22(12-14-25)17-27(42)37-15-7-10-24(19-36-18-23-8-5-4-6-9-23)16-26-29(43)30(44)33(45-26)41-21-40-28-31(35)38-20-39-32(28)41/h4-6,8-9,11-14,20-21,24,26,29-30,33,36,43-44H,7,10,15-19H2,1-3H3,(H,37,42)(H2,35,38,39)/t24-,26+,29?,30-,33+/m0/s1. The van der Waals surface area contributed by atoms with E-state index in [-0.39, 0.29) is 23.1 Å². The number of carbonyl (C=O) groups is 1. The lowest BCUT2D eigenvalue weighted by molar-refractivity contribution is -0.120. The van der Waals surface area contributed by atoms with Crippen LogP contribution >= 0.6 is 0 Å². The first-order chi connectivity index (χ1) is 21.6. The van der Waals surface area contributed by atoms with E-state index in [2.05, 4.69) is 70.6 Å². The lowest BCUT2D eigenvalue weighted by atomic mass is 9.86. The van der Waals surface area contributed by atoms with Crippen molar-refractivity contribution in [3.63, 3.8) is 0 Å². The highest BCUT2D eigenvalue weighted by atomic mass is 16.6. The van der Waals surface area contributed by atoms with Gasteiger partial charge < -0.3 is 31.3 Å². The molecule has 1 aliphatic heterocycles. The molecule has 5 rings (SSSR count). The first-order valence-corrected chi connectivity index (χ1v) is 15.7. The molecule has 4 aromatic rings. The molecule has 0 spiro atoms. The molecule has 0 radical (unpaired) electrons. The molecule has 6 N–H and O–H groups in total. The van der Waals surface area contributed by atoms with Gasteiger partial charge in [0.05, 0.1) is 18.9 Å². The molecule has 1 fully saturated rings. The van der Waals surface area contributed by atoms with Gasteiger partial charge >= 0.3 is 0 Å². The summed E-state index contributed by atoms with van der Waals surface area (Å²) < 4.78 is 7.83. The van der Waals surface area contributed by atoms with Gasteiger partial charge in [-0.1, -0.05) is 75.4 Å². The highest BCUT2D eigenvalue weighted by Gasteiger charge is 2.44. The minimum Gasteiger partial charge on any atom is -0.388 e. The van der Waals surface area contributed by atoms with Crippen LogP contribution in [0.5, 0.6) is 0 Å². The Hall–Kier alpha value is -3.90. The van der Waals surface area contributed by atoms with Crippen molar-refractivity contribution < 1.29 is 19.7 Å². The molecule has 2 aromatic heterocycles. The van der Waals surface area contributed by atoms with Crippen molar-refractivity contribution in [1.29, 1.82) is 0 Å². The van der Waals surface area contributed by atoms with Crippen LogP contribution in [-0.2, 0) is 27.9 Å². The molecule has 45 heavy (non-hydrogen) atoms.